The number of hydrogen-bond acceptors (Lipinski definition) is 10. The SMILES string of the molecule is COc1cc2c(c(C(=O)O)c1)CN(c1ccc(-c3cnn(CC45CC6(C)CC(C)(C4)CC(OCCN(C)C(=O)OC(C)(C)C)(C6)C5)c3C)c(C(=O)OC(C)(C)C)n1)CC2. The Balaban J connectivity index is 1.16. The van der Waals surface area contributed by atoms with Gasteiger partial charge in [0.25, 0.3) is 0 Å². The zero-order chi connectivity index (χ0) is 42.9. The molecule has 0 saturated heterocycles. The van der Waals surface area contributed by atoms with Crippen LogP contribution in [-0.4, -0.2) is 93.5 Å². The van der Waals surface area contributed by atoms with Crippen LogP contribution in [0.25, 0.3) is 11.1 Å². The van der Waals surface area contributed by atoms with Crippen LogP contribution < -0.4 is 9.64 Å². The van der Waals surface area contributed by atoms with Crippen LogP contribution in [0.2, 0.25) is 0 Å². The summed E-state index contributed by atoms with van der Waals surface area (Å²) in [5.41, 5.74) is 3.03. The first kappa shape index (κ1) is 42.5. The predicted octanol–water partition coefficient (Wildman–Crippen LogP) is 8.48. The highest BCUT2D eigenvalue weighted by Crippen LogP contribution is 2.72. The number of methoxy groups -OCH3 is 1. The second-order valence-electron chi connectivity index (χ2n) is 20.8. The molecule has 1 amide bonds. The van der Waals surface area contributed by atoms with Crippen LogP contribution in [0.1, 0.15) is 132 Å². The fraction of sp³-hybridized carbons (Fsp3) is 0.630. The van der Waals surface area contributed by atoms with Crippen molar-refractivity contribution < 1.29 is 38.4 Å². The van der Waals surface area contributed by atoms with E-state index >= 15 is 0 Å². The number of aromatic carboxylic acids is 1. The van der Waals surface area contributed by atoms with Gasteiger partial charge in [0.2, 0.25) is 0 Å². The molecule has 4 saturated carbocycles. The molecule has 13 heteroatoms. The molecule has 5 aliphatic rings. The molecule has 2 atom stereocenters. The first-order valence-electron chi connectivity index (χ1n) is 21.0. The van der Waals surface area contributed by atoms with Crippen molar-refractivity contribution in [2.75, 3.05) is 38.8 Å². The minimum atomic E-state index is -1.02. The molecule has 2 unspecified atom stereocenters. The lowest BCUT2D eigenvalue weighted by Gasteiger charge is -2.69. The van der Waals surface area contributed by atoms with Crippen molar-refractivity contribution in [2.45, 2.75) is 137 Å². The van der Waals surface area contributed by atoms with Crippen LogP contribution >= 0.6 is 0 Å². The van der Waals surface area contributed by atoms with Crippen molar-refractivity contribution in [1.82, 2.24) is 19.7 Å². The van der Waals surface area contributed by atoms with Crippen LogP contribution in [0.15, 0.2) is 30.5 Å². The summed E-state index contributed by atoms with van der Waals surface area (Å²) < 4.78 is 25.9. The summed E-state index contributed by atoms with van der Waals surface area (Å²) in [6, 6.07) is 7.27. The molecule has 2 aromatic heterocycles. The van der Waals surface area contributed by atoms with E-state index in [9.17, 15) is 19.5 Å². The molecule has 1 aliphatic heterocycles. The quantitative estimate of drug-likeness (QED) is 0.186. The van der Waals surface area contributed by atoms with Gasteiger partial charge in [-0.3, -0.25) is 4.68 Å². The summed E-state index contributed by atoms with van der Waals surface area (Å²) in [5.74, 6) is -0.474. The van der Waals surface area contributed by atoms with E-state index in [1.54, 1.807) is 18.0 Å². The van der Waals surface area contributed by atoms with Crippen molar-refractivity contribution in [3.63, 3.8) is 0 Å². The van der Waals surface area contributed by atoms with E-state index in [0.717, 1.165) is 55.5 Å². The minimum Gasteiger partial charge on any atom is -0.497 e. The van der Waals surface area contributed by atoms with E-state index in [0.29, 0.717) is 55.4 Å². The van der Waals surface area contributed by atoms with Crippen molar-refractivity contribution >= 4 is 23.8 Å². The summed E-state index contributed by atoms with van der Waals surface area (Å²) >= 11 is 0. The van der Waals surface area contributed by atoms with Gasteiger partial charge in [-0.2, -0.15) is 5.10 Å². The maximum atomic E-state index is 14.0. The maximum Gasteiger partial charge on any atom is 0.410 e. The van der Waals surface area contributed by atoms with E-state index < -0.39 is 23.1 Å². The summed E-state index contributed by atoms with van der Waals surface area (Å²) in [6.45, 7) is 20.6. The topological polar surface area (TPSA) is 146 Å². The number of carbonyl (C=O) groups excluding carboxylic acids is 2. The molecule has 1 N–H and O–H groups in total. The van der Waals surface area contributed by atoms with Gasteiger partial charge >= 0.3 is 18.0 Å². The van der Waals surface area contributed by atoms with Crippen LogP contribution in [0.4, 0.5) is 10.6 Å². The Hall–Kier alpha value is -4.65. The third-order valence-corrected chi connectivity index (χ3v) is 12.6. The molecule has 13 nitrogen and oxygen atoms in total. The monoisotopic (exact) mass is 813 g/mol. The second-order valence-corrected chi connectivity index (χ2v) is 20.8. The van der Waals surface area contributed by atoms with E-state index in [4.69, 9.17) is 29.0 Å². The molecule has 3 aromatic rings. The van der Waals surface area contributed by atoms with Gasteiger partial charge in [0.15, 0.2) is 5.69 Å². The Morgan fingerprint density at radius 2 is 1.59 bits per heavy atom. The van der Waals surface area contributed by atoms with Crippen LogP contribution in [0, 0.1) is 23.2 Å². The van der Waals surface area contributed by atoms with Crippen LogP contribution in [0.3, 0.4) is 0 Å². The van der Waals surface area contributed by atoms with Crippen molar-refractivity contribution in [2.24, 2.45) is 16.2 Å². The number of aromatic nitrogens is 3. The highest BCUT2D eigenvalue weighted by Gasteiger charge is 2.66. The number of ether oxygens (including phenoxy) is 4. The largest absolute Gasteiger partial charge is 0.497 e. The summed E-state index contributed by atoms with van der Waals surface area (Å²) in [7, 11) is 3.29. The Morgan fingerprint density at radius 3 is 2.22 bits per heavy atom. The zero-order valence-electron chi connectivity index (χ0n) is 36.9. The number of fused-ring (bicyclic) bond motifs is 1. The third-order valence-electron chi connectivity index (χ3n) is 12.6. The van der Waals surface area contributed by atoms with Gasteiger partial charge in [-0.15, -0.1) is 0 Å². The maximum absolute atomic E-state index is 14.0. The number of anilines is 1. The number of benzene rings is 1. The lowest BCUT2D eigenvalue weighted by Crippen LogP contribution is -2.64. The first-order chi connectivity index (χ1) is 27.4. The molecular formula is C46H63N5O8. The summed E-state index contributed by atoms with van der Waals surface area (Å²) in [5, 5.41) is 15.0. The minimum absolute atomic E-state index is 0.0388. The fourth-order valence-corrected chi connectivity index (χ4v) is 11.6. The summed E-state index contributed by atoms with van der Waals surface area (Å²) in [6.07, 6.45) is 8.35. The van der Waals surface area contributed by atoms with Crippen LogP contribution in [-0.2, 0) is 33.7 Å². The molecule has 0 spiro atoms. The molecule has 1 aromatic carbocycles. The Labute approximate surface area is 348 Å². The van der Waals surface area contributed by atoms with Gasteiger partial charge in [-0.25, -0.2) is 19.4 Å². The lowest BCUT2D eigenvalue weighted by atomic mass is 9.39. The highest BCUT2D eigenvalue weighted by atomic mass is 16.6. The smallest absolute Gasteiger partial charge is 0.410 e. The standard InChI is InChI=1S/C46H63N5O8/c1-29-34(32-12-13-36(48-37(32)39(54)58-41(2,3)4)50-15-14-30-18-31(56-11)19-33(38(52)53)35(30)21-50)20-47-51(29)28-45-23-43(8)22-44(9,24-45)26-46(25-43,27-45)57-17-16-49(10)40(55)59-42(5,6)7/h12-13,18-20H,14-17,21-28H2,1-11H3,(H,52,53). The van der Waals surface area contributed by atoms with Gasteiger partial charge in [-0.05, 0) is 145 Å². The Bertz CT molecular complexity index is 2130. The molecule has 320 valence electrons. The lowest BCUT2D eigenvalue weighted by molar-refractivity contribution is -0.248. The molecule has 4 fully saturated rings. The number of esters is 1. The van der Waals surface area contributed by atoms with Crippen molar-refractivity contribution in [3.05, 3.63) is 58.5 Å². The normalized spacial score (nSPS) is 26.1. The van der Waals surface area contributed by atoms with Crippen molar-refractivity contribution in [3.8, 4) is 16.9 Å². The summed E-state index contributed by atoms with van der Waals surface area (Å²) in [4.78, 5) is 47.5. The van der Waals surface area contributed by atoms with Gasteiger partial charge < -0.3 is 33.9 Å². The number of pyridine rings is 1. The highest BCUT2D eigenvalue weighted by molar-refractivity contribution is 5.96. The number of carboxylic acid groups (broad SMARTS) is 1. The molecular weight excluding hydrogens is 751 g/mol. The van der Waals surface area contributed by atoms with Gasteiger partial charge in [0, 0.05) is 50.0 Å². The van der Waals surface area contributed by atoms with Gasteiger partial charge in [-0.1, -0.05) is 13.8 Å². The molecule has 4 aliphatic carbocycles. The number of hydrogen-bond donors (Lipinski definition) is 1. The van der Waals surface area contributed by atoms with E-state index in [2.05, 4.69) is 25.5 Å². The van der Waals surface area contributed by atoms with E-state index in [1.807, 2.05) is 70.8 Å². The zero-order valence-corrected chi connectivity index (χ0v) is 36.9. The molecule has 3 heterocycles. The molecule has 59 heavy (non-hydrogen) atoms. The number of nitrogens with zero attached hydrogens (tertiary/aromatic N) is 5. The average molecular weight is 814 g/mol. The molecule has 4 bridgehead atoms. The first-order valence-corrected chi connectivity index (χ1v) is 21.0. The number of likely N-dealkylation sites (N-methyl/N-ethyl adjacent to an activating group) is 1. The Morgan fingerprint density at radius 1 is 0.915 bits per heavy atom. The number of carboxylic acids is 1. The third kappa shape index (κ3) is 8.81. The van der Waals surface area contributed by atoms with Crippen LogP contribution in [0.5, 0.6) is 5.75 Å². The number of rotatable bonds is 11. The average Bonchev–Trinajstić information content (AvgIpc) is 3.45. The van der Waals surface area contributed by atoms with Gasteiger partial charge in [0.1, 0.15) is 22.8 Å². The molecule has 0 radical (unpaired) electrons. The number of carbonyl (C=O) groups is 3. The second kappa shape index (κ2) is 14.8. The van der Waals surface area contributed by atoms with E-state index in [1.165, 1.54) is 13.5 Å². The van der Waals surface area contributed by atoms with E-state index in [-0.39, 0.29) is 39.2 Å². The van der Waals surface area contributed by atoms with Crippen molar-refractivity contribution in [1.29, 1.82) is 0 Å². The predicted molar refractivity (Wildman–Crippen MR) is 224 cm³/mol. The fourth-order valence-electron chi connectivity index (χ4n) is 11.6. The number of amides is 1. The molecule has 8 rings (SSSR count). The van der Waals surface area contributed by atoms with Gasteiger partial charge in [0.05, 0.1) is 31.1 Å². The Kier molecular flexibility index (Phi) is 10.7.